The number of rotatable bonds is 5. The molecule has 0 amide bonds. The van der Waals surface area contributed by atoms with Crippen LogP contribution in [0, 0.1) is 18.3 Å². The van der Waals surface area contributed by atoms with Gasteiger partial charge in [0.15, 0.2) is 4.58 Å². The molecule has 0 spiro atoms. The first-order valence-corrected chi connectivity index (χ1v) is 9.55. The molecule has 0 saturated heterocycles. The van der Waals surface area contributed by atoms with Crippen LogP contribution in [0.5, 0.6) is 0 Å². The number of alkyl halides is 6. The van der Waals surface area contributed by atoms with E-state index in [4.69, 9.17) is 6.42 Å². The molecule has 0 aliphatic heterocycles. The summed E-state index contributed by atoms with van der Waals surface area (Å²) in [5.41, 5.74) is -12.3. The SMILES string of the molecule is C#CC(/C=C/c1ccccc1)C(S(=O)(=O)C(F)(F)F)S(=O)(=O)C(F)(F)F. The summed E-state index contributed by atoms with van der Waals surface area (Å²) in [5.74, 6) is -1.15. The Morgan fingerprint density at radius 2 is 1.31 bits per heavy atom. The molecule has 12 heteroatoms. The van der Waals surface area contributed by atoms with Crippen LogP contribution in [-0.4, -0.2) is 32.4 Å². The van der Waals surface area contributed by atoms with Gasteiger partial charge >= 0.3 is 11.0 Å². The lowest BCUT2D eigenvalue weighted by atomic mass is 10.1. The van der Waals surface area contributed by atoms with Crippen LogP contribution in [0.3, 0.4) is 0 Å². The zero-order chi connectivity index (χ0) is 20.4. The van der Waals surface area contributed by atoms with Crippen molar-refractivity contribution in [2.24, 2.45) is 5.92 Å². The maximum Gasteiger partial charge on any atom is 0.498 e. The summed E-state index contributed by atoms with van der Waals surface area (Å²) in [6, 6.07) is 7.27. The number of hydrogen-bond donors (Lipinski definition) is 0. The molecule has 144 valence electrons. The molecule has 0 aliphatic rings. The van der Waals surface area contributed by atoms with Crippen LogP contribution in [0.1, 0.15) is 5.56 Å². The van der Waals surface area contributed by atoms with Gasteiger partial charge in [0.1, 0.15) is 0 Å². The highest BCUT2D eigenvalue weighted by atomic mass is 32.3. The van der Waals surface area contributed by atoms with E-state index in [9.17, 15) is 43.2 Å². The third-order valence-corrected chi connectivity index (χ3v) is 7.66. The van der Waals surface area contributed by atoms with E-state index >= 15 is 0 Å². The predicted molar refractivity (Wildman–Crippen MR) is 81.5 cm³/mol. The highest BCUT2D eigenvalue weighted by Crippen LogP contribution is 2.39. The van der Waals surface area contributed by atoms with Crippen molar-refractivity contribution in [3.05, 3.63) is 42.0 Å². The van der Waals surface area contributed by atoms with Gasteiger partial charge < -0.3 is 0 Å². The molecule has 0 bridgehead atoms. The van der Waals surface area contributed by atoms with E-state index in [1.54, 1.807) is 6.07 Å². The molecular formula is C14H10F6O4S2. The summed E-state index contributed by atoms with van der Waals surface area (Å²) in [6.45, 7) is 0. The summed E-state index contributed by atoms with van der Waals surface area (Å²) in [4.78, 5) is 0. The van der Waals surface area contributed by atoms with Gasteiger partial charge in [-0.2, -0.15) is 26.3 Å². The summed E-state index contributed by atoms with van der Waals surface area (Å²) in [5, 5.41) is 0. The summed E-state index contributed by atoms with van der Waals surface area (Å²) < 4.78 is 119. The maximum atomic E-state index is 12.7. The first-order valence-electron chi connectivity index (χ1n) is 6.46. The van der Waals surface area contributed by atoms with Crippen molar-refractivity contribution < 1.29 is 43.2 Å². The van der Waals surface area contributed by atoms with Crippen LogP contribution in [0.4, 0.5) is 26.3 Å². The Balaban J connectivity index is 3.59. The number of sulfone groups is 2. The van der Waals surface area contributed by atoms with E-state index in [0.29, 0.717) is 6.08 Å². The van der Waals surface area contributed by atoms with Gasteiger partial charge in [-0.05, 0) is 5.56 Å². The quantitative estimate of drug-likeness (QED) is 0.542. The van der Waals surface area contributed by atoms with Crippen LogP contribution in [-0.2, 0) is 19.7 Å². The third-order valence-electron chi connectivity index (χ3n) is 3.04. The van der Waals surface area contributed by atoms with Crippen molar-refractivity contribution in [1.29, 1.82) is 0 Å². The molecule has 26 heavy (non-hydrogen) atoms. The number of benzene rings is 1. The van der Waals surface area contributed by atoms with Crippen molar-refractivity contribution in [2.45, 2.75) is 15.6 Å². The van der Waals surface area contributed by atoms with Crippen LogP contribution in [0.2, 0.25) is 0 Å². The minimum Gasteiger partial charge on any atom is -0.218 e. The molecule has 1 atom stereocenters. The molecule has 0 radical (unpaired) electrons. The minimum absolute atomic E-state index is 0.250. The minimum atomic E-state index is -6.80. The largest absolute Gasteiger partial charge is 0.498 e. The zero-order valence-corrected chi connectivity index (χ0v) is 14.1. The fourth-order valence-electron chi connectivity index (χ4n) is 1.82. The number of halogens is 6. The highest BCUT2D eigenvalue weighted by molar-refractivity contribution is 8.09. The second-order valence-corrected chi connectivity index (χ2v) is 9.23. The summed E-state index contributed by atoms with van der Waals surface area (Å²) >= 11 is 0. The normalized spacial score (nSPS) is 15.2. The van der Waals surface area contributed by atoms with E-state index in [0.717, 1.165) is 6.08 Å². The van der Waals surface area contributed by atoms with Crippen molar-refractivity contribution in [1.82, 2.24) is 0 Å². The van der Waals surface area contributed by atoms with Gasteiger partial charge in [0.2, 0.25) is 0 Å². The highest BCUT2D eigenvalue weighted by Gasteiger charge is 2.64. The molecule has 0 aliphatic carbocycles. The van der Waals surface area contributed by atoms with Gasteiger partial charge in [-0.3, -0.25) is 0 Å². The van der Waals surface area contributed by atoms with Crippen LogP contribution in [0.15, 0.2) is 36.4 Å². The van der Waals surface area contributed by atoms with Crippen molar-refractivity contribution in [3.8, 4) is 12.3 Å². The molecule has 1 aromatic carbocycles. The predicted octanol–water partition coefficient (Wildman–Crippen LogP) is 3.14. The fraction of sp³-hybridized carbons (Fsp3) is 0.286. The molecular weight excluding hydrogens is 410 g/mol. The monoisotopic (exact) mass is 420 g/mol. The van der Waals surface area contributed by atoms with Gasteiger partial charge in [0, 0.05) is 0 Å². The molecule has 0 fully saturated rings. The molecule has 0 saturated carbocycles. The van der Waals surface area contributed by atoms with Gasteiger partial charge in [0.05, 0.1) is 5.92 Å². The second-order valence-electron chi connectivity index (χ2n) is 4.81. The lowest BCUT2D eigenvalue weighted by Gasteiger charge is -2.23. The van der Waals surface area contributed by atoms with E-state index in [-0.39, 0.29) is 5.56 Å². The van der Waals surface area contributed by atoms with Gasteiger partial charge in [-0.1, -0.05) is 48.4 Å². The van der Waals surface area contributed by atoms with E-state index < -0.39 is 41.2 Å². The Bertz CT molecular complexity index is 863. The maximum absolute atomic E-state index is 12.7. The van der Waals surface area contributed by atoms with Gasteiger partial charge in [0.25, 0.3) is 19.7 Å². The van der Waals surface area contributed by atoms with Gasteiger partial charge in [-0.15, -0.1) is 6.42 Å². The lowest BCUT2D eigenvalue weighted by Crippen LogP contribution is -2.48. The summed E-state index contributed by atoms with van der Waals surface area (Å²) in [6.07, 6.45) is 6.27. The average molecular weight is 420 g/mol. The molecule has 0 N–H and O–H groups in total. The number of terminal acetylenes is 1. The molecule has 4 nitrogen and oxygen atoms in total. The average Bonchev–Trinajstić information content (AvgIpc) is 2.49. The van der Waals surface area contributed by atoms with E-state index in [1.807, 2.05) is 0 Å². The molecule has 0 heterocycles. The first-order chi connectivity index (χ1) is 11.7. The van der Waals surface area contributed by atoms with Gasteiger partial charge in [-0.25, -0.2) is 16.8 Å². The fourth-order valence-corrected chi connectivity index (χ4v) is 5.45. The van der Waals surface area contributed by atoms with Crippen molar-refractivity contribution in [3.63, 3.8) is 0 Å². The molecule has 0 aromatic heterocycles. The lowest BCUT2D eigenvalue weighted by molar-refractivity contribution is -0.0474. The topological polar surface area (TPSA) is 68.3 Å². The van der Waals surface area contributed by atoms with Crippen LogP contribution < -0.4 is 0 Å². The third kappa shape index (κ3) is 4.39. The van der Waals surface area contributed by atoms with Crippen molar-refractivity contribution >= 4 is 25.8 Å². The standard InChI is InChI=1S/C14H10F6O4S2/c1-2-11(9-8-10-6-4-3-5-7-10)12(25(21,22)13(15,16)17)26(23,24)14(18,19)20/h1,3-9,11-12H/b9-8+. The van der Waals surface area contributed by atoms with E-state index in [2.05, 4.69) is 0 Å². The Hall–Kier alpha value is -2.00. The molecule has 1 aromatic rings. The Morgan fingerprint density at radius 1 is 0.885 bits per heavy atom. The van der Waals surface area contributed by atoms with E-state index in [1.165, 1.54) is 30.2 Å². The zero-order valence-electron chi connectivity index (χ0n) is 12.5. The Kier molecular flexibility index (Phi) is 6.20. The first kappa shape index (κ1) is 22.0. The molecule has 1 rings (SSSR count). The second kappa shape index (κ2) is 7.32. The molecule has 1 unspecified atom stereocenters. The van der Waals surface area contributed by atoms with Crippen LogP contribution in [0.25, 0.3) is 6.08 Å². The van der Waals surface area contributed by atoms with Crippen LogP contribution >= 0.6 is 0 Å². The Morgan fingerprint density at radius 3 is 1.65 bits per heavy atom. The number of hydrogen-bond acceptors (Lipinski definition) is 4. The summed E-state index contributed by atoms with van der Waals surface area (Å²) in [7, 11) is -13.6. The Labute approximate surface area is 145 Å². The smallest absolute Gasteiger partial charge is 0.218 e. The number of allylic oxidation sites excluding steroid dienone is 1. The van der Waals surface area contributed by atoms with Crippen molar-refractivity contribution in [2.75, 3.05) is 0 Å².